The van der Waals surface area contributed by atoms with Gasteiger partial charge in [-0.2, -0.15) is 5.26 Å². The Hall–Kier alpha value is -3.92. The van der Waals surface area contributed by atoms with Gasteiger partial charge in [-0.05, 0) is 35.9 Å². The molecule has 0 saturated carbocycles. The van der Waals surface area contributed by atoms with E-state index in [0.29, 0.717) is 22.6 Å². The molecule has 3 aromatic rings. The number of hydrogen-bond donors (Lipinski definition) is 1. The van der Waals surface area contributed by atoms with E-state index >= 15 is 0 Å². The van der Waals surface area contributed by atoms with Crippen LogP contribution in [0, 0.1) is 21.4 Å². The molecule has 0 unspecified atom stereocenters. The minimum atomic E-state index is -0.455. The Morgan fingerprint density at radius 1 is 1.12 bits per heavy atom. The van der Waals surface area contributed by atoms with E-state index in [0.717, 1.165) is 11.1 Å². The van der Waals surface area contributed by atoms with Gasteiger partial charge in [0.2, 0.25) is 0 Å². The summed E-state index contributed by atoms with van der Waals surface area (Å²) >= 11 is 0. The maximum atomic E-state index is 10.8. The van der Waals surface area contributed by atoms with Crippen molar-refractivity contribution in [2.45, 2.75) is 0 Å². The van der Waals surface area contributed by atoms with Crippen LogP contribution in [0.3, 0.4) is 0 Å². The number of aromatic nitrogens is 1. The van der Waals surface area contributed by atoms with E-state index in [1.165, 1.54) is 12.1 Å². The highest BCUT2D eigenvalue weighted by Crippen LogP contribution is 2.30. The summed E-state index contributed by atoms with van der Waals surface area (Å²) in [4.78, 5) is 13.3. The van der Waals surface area contributed by atoms with Gasteiger partial charge >= 0.3 is 0 Å². The molecule has 0 radical (unpaired) electrons. The van der Waals surface area contributed by atoms with Crippen LogP contribution in [0.1, 0.15) is 5.56 Å². The molecule has 0 bridgehead atoms. The van der Waals surface area contributed by atoms with Gasteiger partial charge in [0.05, 0.1) is 12.0 Å². The molecule has 2 aromatic carbocycles. The standard InChI is InChI=1S/C19H14N4O3/c1-26-15-8-4-12(5-9-15)16-10-18(22-19(21)17(16)11-20)13-2-6-14(7-3-13)23(24)25/h2-10H,1H3,(H2,21,22)/p+1. The summed E-state index contributed by atoms with van der Waals surface area (Å²) in [6.07, 6.45) is 0. The lowest BCUT2D eigenvalue weighted by Crippen LogP contribution is -2.16. The molecule has 0 aliphatic carbocycles. The third-order valence-electron chi connectivity index (χ3n) is 4.00. The zero-order chi connectivity index (χ0) is 18.7. The van der Waals surface area contributed by atoms with Crippen LogP contribution in [-0.4, -0.2) is 12.0 Å². The first-order valence-corrected chi connectivity index (χ1v) is 7.68. The van der Waals surface area contributed by atoms with Crippen LogP contribution < -0.4 is 15.5 Å². The fourth-order valence-electron chi connectivity index (χ4n) is 2.64. The van der Waals surface area contributed by atoms with E-state index < -0.39 is 4.92 Å². The second-order valence-corrected chi connectivity index (χ2v) is 5.53. The van der Waals surface area contributed by atoms with Crippen LogP contribution in [0.15, 0.2) is 54.6 Å². The normalized spacial score (nSPS) is 10.2. The number of H-pyrrole nitrogens is 1. The number of nitrogens with one attached hydrogen (secondary N) is 1. The van der Waals surface area contributed by atoms with Crippen molar-refractivity contribution in [3.63, 3.8) is 0 Å². The van der Waals surface area contributed by atoms with E-state index in [1.54, 1.807) is 37.4 Å². The molecule has 0 atom stereocenters. The van der Waals surface area contributed by atoms with E-state index in [-0.39, 0.29) is 11.5 Å². The Morgan fingerprint density at radius 2 is 1.73 bits per heavy atom. The minimum absolute atomic E-state index is 0.00532. The van der Waals surface area contributed by atoms with Crippen molar-refractivity contribution in [1.29, 1.82) is 5.26 Å². The molecule has 7 nitrogen and oxygen atoms in total. The number of nitro benzene ring substituents is 1. The van der Waals surface area contributed by atoms with Crippen molar-refractivity contribution in [3.05, 3.63) is 70.3 Å². The van der Waals surface area contributed by atoms with E-state index in [2.05, 4.69) is 11.1 Å². The summed E-state index contributed by atoms with van der Waals surface area (Å²) in [6, 6.07) is 17.3. The van der Waals surface area contributed by atoms with Gasteiger partial charge in [0.15, 0.2) is 0 Å². The van der Waals surface area contributed by atoms with Crippen molar-refractivity contribution in [2.24, 2.45) is 0 Å². The number of nitrogens with two attached hydrogens (primary N) is 1. The molecule has 3 rings (SSSR count). The summed E-state index contributed by atoms with van der Waals surface area (Å²) in [5.74, 6) is 0.937. The number of benzene rings is 2. The number of nitro groups is 1. The molecule has 1 aromatic heterocycles. The Bertz CT molecular complexity index is 1010. The largest absolute Gasteiger partial charge is 0.497 e. The molecule has 0 saturated heterocycles. The third kappa shape index (κ3) is 3.16. The number of pyridine rings is 1. The Morgan fingerprint density at radius 3 is 2.27 bits per heavy atom. The average molecular weight is 347 g/mol. The Kier molecular flexibility index (Phi) is 4.50. The molecule has 0 fully saturated rings. The predicted octanol–water partition coefficient (Wildman–Crippen LogP) is 3.21. The first-order chi connectivity index (χ1) is 12.5. The molecule has 0 amide bonds. The number of hydrogen-bond acceptors (Lipinski definition) is 5. The molecule has 1 heterocycles. The summed E-state index contributed by atoms with van der Waals surface area (Å²) in [5.41, 5.74) is 9.23. The highest BCUT2D eigenvalue weighted by molar-refractivity contribution is 5.78. The van der Waals surface area contributed by atoms with Crippen molar-refractivity contribution >= 4 is 11.5 Å². The smallest absolute Gasteiger partial charge is 0.289 e. The lowest BCUT2D eigenvalue weighted by Gasteiger charge is -2.08. The molecule has 0 aliphatic heterocycles. The van der Waals surface area contributed by atoms with E-state index in [1.807, 2.05) is 12.1 Å². The van der Waals surface area contributed by atoms with Crippen LogP contribution in [0.2, 0.25) is 0 Å². The van der Waals surface area contributed by atoms with Crippen LogP contribution in [-0.2, 0) is 0 Å². The first-order valence-electron chi connectivity index (χ1n) is 7.68. The van der Waals surface area contributed by atoms with Gasteiger partial charge in [-0.3, -0.25) is 15.8 Å². The second-order valence-electron chi connectivity index (χ2n) is 5.53. The summed E-state index contributed by atoms with van der Waals surface area (Å²) in [7, 11) is 1.58. The number of aromatic amines is 1. The van der Waals surface area contributed by atoms with Crippen LogP contribution in [0.5, 0.6) is 5.75 Å². The van der Waals surface area contributed by atoms with E-state index in [9.17, 15) is 15.4 Å². The Balaban J connectivity index is 2.12. The number of methoxy groups -OCH3 is 1. The molecule has 7 heteroatoms. The van der Waals surface area contributed by atoms with Crippen LogP contribution in [0.4, 0.5) is 11.5 Å². The molecule has 0 aliphatic rings. The monoisotopic (exact) mass is 347 g/mol. The molecule has 128 valence electrons. The number of nitriles is 1. The van der Waals surface area contributed by atoms with Gasteiger partial charge in [0, 0.05) is 23.3 Å². The number of rotatable bonds is 4. The number of anilines is 1. The fourth-order valence-corrected chi connectivity index (χ4v) is 2.64. The first kappa shape index (κ1) is 16.9. The van der Waals surface area contributed by atoms with Crippen LogP contribution in [0.25, 0.3) is 22.4 Å². The number of nitrogen functional groups attached to an aromatic ring is 1. The number of non-ortho nitro benzene ring substituents is 1. The van der Waals surface area contributed by atoms with Crippen LogP contribution >= 0.6 is 0 Å². The van der Waals surface area contributed by atoms with Gasteiger partial charge in [0.1, 0.15) is 23.1 Å². The highest BCUT2D eigenvalue weighted by Gasteiger charge is 2.17. The highest BCUT2D eigenvalue weighted by atomic mass is 16.6. The maximum absolute atomic E-state index is 10.8. The maximum Gasteiger partial charge on any atom is 0.289 e. The van der Waals surface area contributed by atoms with Gasteiger partial charge in [-0.25, -0.2) is 4.98 Å². The summed E-state index contributed by atoms with van der Waals surface area (Å²) in [5, 5.41) is 20.3. The zero-order valence-corrected chi connectivity index (χ0v) is 13.9. The number of nitrogens with zero attached hydrogens (tertiary/aromatic N) is 2. The van der Waals surface area contributed by atoms with Gasteiger partial charge in [-0.15, -0.1) is 0 Å². The summed E-state index contributed by atoms with van der Waals surface area (Å²) < 4.78 is 5.16. The second kappa shape index (κ2) is 6.91. The van der Waals surface area contributed by atoms with Crippen molar-refractivity contribution in [3.8, 4) is 34.2 Å². The topological polar surface area (TPSA) is 116 Å². The summed E-state index contributed by atoms with van der Waals surface area (Å²) in [6.45, 7) is 0. The quantitative estimate of drug-likeness (QED) is 0.574. The fraction of sp³-hybridized carbons (Fsp3) is 0.0526. The van der Waals surface area contributed by atoms with Gasteiger partial charge < -0.3 is 4.74 Å². The molecule has 26 heavy (non-hydrogen) atoms. The average Bonchev–Trinajstić information content (AvgIpc) is 2.67. The SMILES string of the molecule is COc1ccc(-c2cc(-c3ccc([N+](=O)[O-])cc3)[nH+]c(N)c2C#N)cc1. The molecule has 3 N–H and O–H groups in total. The Labute approximate surface area is 149 Å². The van der Waals surface area contributed by atoms with Crippen molar-refractivity contribution < 1.29 is 14.6 Å². The molecular weight excluding hydrogens is 332 g/mol. The van der Waals surface area contributed by atoms with Gasteiger partial charge in [-0.1, -0.05) is 12.1 Å². The molecular formula is C19H15N4O3+. The number of ether oxygens (including phenoxy) is 1. The van der Waals surface area contributed by atoms with E-state index in [4.69, 9.17) is 10.5 Å². The lowest BCUT2D eigenvalue weighted by atomic mass is 9.98. The van der Waals surface area contributed by atoms with Crippen molar-refractivity contribution in [2.75, 3.05) is 12.8 Å². The zero-order valence-electron chi connectivity index (χ0n) is 13.9. The third-order valence-corrected chi connectivity index (χ3v) is 4.00. The van der Waals surface area contributed by atoms with Gasteiger partial charge in [0.25, 0.3) is 11.5 Å². The molecule has 0 spiro atoms. The lowest BCUT2D eigenvalue weighted by molar-refractivity contribution is -0.384. The predicted molar refractivity (Wildman–Crippen MR) is 96.2 cm³/mol. The minimum Gasteiger partial charge on any atom is -0.497 e. The van der Waals surface area contributed by atoms with Crippen molar-refractivity contribution in [1.82, 2.24) is 0 Å².